The minimum absolute atomic E-state index is 0.106. The predicted molar refractivity (Wildman–Crippen MR) is 160 cm³/mol. The van der Waals surface area contributed by atoms with Crippen LogP contribution in [0.4, 0.5) is 5.69 Å². The number of H-pyrrole nitrogens is 1. The van der Waals surface area contributed by atoms with Crippen LogP contribution in [0.2, 0.25) is 0 Å². The van der Waals surface area contributed by atoms with Crippen LogP contribution in [0, 0.1) is 0 Å². The van der Waals surface area contributed by atoms with E-state index >= 15 is 0 Å². The van der Waals surface area contributed by atoms with Crippen LogP contribution in [0.3, 0.4) is 0 Å². The highest BCUT2D eigenvalue weighted by Crippen LogP contribution is 2.34. The molecule has 10 nitrogen and oxygen atoms in total. The lowest BCUT2D eigenvalue weighted by atomic mass is 10.2. The average molecular weight is 597 g/mol. The largest absolute Gasteiger partial charge is 0.491 e. The quantitative estimate of drug-likeness (QED) is 0.165. The zero-order chi connectivity index (χ0) is 29.5. The van der Waals surface area contributed by atoms with Crippen molar-refractivity contribution in [3.63, 3.8) is 0 Å². The smallest absolute Gasteiger partial charge is 0.281 e. The van der Waals surface area contributed by atoms with Crippen molar-refractivity contribution < 1.29 is 27.5 Å². The Labute approximate surface area is 243 Å². The molecule has 0 aliphatic carbocycles. The Morgan fingerprint density at radius 3 is 2.56 bits per heavy atom. The average Bonchev–Trinajstić information content (AvgIpc) is 3.43. The number of carbonyl (C=O) groups is 2. The summed E-state index contributed by atoms with van der Waals surface area (Å²) >= 11 is 1.44. The maximum atomic E-state index is 13.4. The molecule has 0 aliphatic rings. The topological polar surface area (TPSA) is 131 Å². The lowest BCUT2D eigenvalue weighted by Gasteiger charge is -2.23. The van der Waals surface area contributed by atoms with Crippen LogP contribution in [0.5, 0.6) is 5.75 Å². The third-order valence-electron chi connectivity index (χ3n) is 6.34. The van der Waals surface area contributed by atoms with Crippen LogP contribution in [-0.4, -0.2) is 69.2 Å². The van der Waals surface area contributed by atoms with E-state index < -0.39 is 20.7 Å². The van der Waals surface area contributed by atoms with Crippen LogP contribution in [0.25, 0.3) is 10.9 Å². The van der Waals surface area contributed by atoms with E-state index in [1.807, 2.05) is 30.3 Å². The van der Waals surface area contributed by atoms with Gasteiger partial charge in [0.1, 0.15) is 24.3 Å². The number of amides is 1. The van der Waals surface area contributed by atoms with Gasteiger partial charge in [-0.05, 0) is 36.8 Å². The van der Waals surface area contributed by atoms with Gasteiger partial charge in [-0.15, -0.1) is 11.8 Å². The van der Waals surface area contributed by atoms with E-state index in [1.54, 1.807) is 44.4 Å². The zero-order valence-electron chi connectivity index (χ0n) is 23.0. The van der Waals surface area contributed by atoms with Gasteiger partial charge in [-0.2, -0.15) is 8.42 Å². The summed E-state index contributed by atoms with van der Waals surface area (Å²) in [5.74, 6) is 0.590. The number of fused-ring (bicyclic) bond motifs is 1. The number of rotatable bonds is 14. The van der Waals surface area contributed by atoms with Crippen molar-refractivity contribution in [3.8, 4) is 5.75 Å². The van der Waals surface area contributed by atoms with Crippen molar-refractivity contribution in [2.75, 3.05) is 38.2 Å². The van der Waals surface area contributed by atoms with Crippen LogP contribution < -0.4 is 14.4 Å². The number of anilines is 1. The third kappa shape index (κ3) is 7.26. The fourth-order valence-corrected chi connectivity index (χ4v) is 6.02. The summed E-state index contributed by atoms with van der Waals surface area (Å²) in [6.07, 6.45) is 2.24. The maximum absolute atomic E-state index is 13.4. The number of hydrogen-bond acceptors (Lipinski definition) is 8. The molecule has 0 aliphatic heterocycles. The Balaban J connectivity index is 1.60. The van der Waals surface area contributed by atoms with E-state index in [0.717, 1.165) is 16.2 Å². The van der Waals surface area contributed by atoms with Gasteiger partial charge < -0.3 is 24.6 Å². The van der Waals surface area contributed by atoms with Crippen molar-refractivity contribution in [1.82, 2.24) is 15.3 Å². The number of nitrogens with zero attached hydrogens (tertiary/aromatic N) is 2. The molecule has 2 heterocycles. The number of methoxy groups -OCH3 is 1. The van der Waals surface area contributed by atoms with Gasteiger partial charge in [0, 0.05) is 44.1 Å². The summed E-state index contributed by atoms with van der Waals surface area (Å²) in [4.78, 5) is 32.2. The molecule has 216 valence electrons. The van der Waals surface area contributed by atoms with Crippen molar-refractivity contribution in [1.29, 1.82) is 0 Å². The van der Waals surface area contributed by atoms with E-state index in [9.17, 15) is 18.0 Å². The molecule has 0 bridgehead atoms. The Hall–Kier alpha value is -3.87. The number of aldehydes is 1. The first-order chi connectivity index (χ1) is 19.7. The van der Waals surface area contributed by atoms with E-state index in [0.29, 0.717) is 29.0 Å². The highest BCUT2D eigenvalue weighted by atomic mass is 32.2. The molecule has 4 rings (SSSR count). The van der Waals surface area contributed by atoms with Crippen molar-refractivity contribution in [2.24, 2.45) is 0 Å². The molecule has 0 fully saturated rings. The van der Waals surface area contributed by atoms with Gasteiger partial charge in [-0.25, -0.2) is 4.98 Å². The first-order valence-corrected chi connectivity index (χ1v) is 15.2. The normalized spacial score (nSPS) is 13.0. The maximum Gasteiger partial charge on any atom is 0.281 e. The molecule has 2 N–H and O–H groups in total. The molecule has 1 amide bonds. The van der Waals surface area contributed by atoms with Crippen LogP contribution in [0.15, 0.2) is 78.0 Å². The summed E-state index contributed by atoms with van der Waals surface area (Å²) in [6, 6.07) is 19.3. The highest BCUT2D eigenvalue weighted by Gasteiger charge is 2.28. The summed E-state index contributed by atoms with van der Waals surface area (Å²) in [5.41, 5.74) is 1.98. The lowest BCUT2D eigenvalue weighted by molar-refractivity contribution is -0.109. The van der Waals surface area contributed by atoms with Gasteiger partial charge in [0.25, 0.3) is 15.9 Å². The van der Waals surface area contributed by atoms with Gasteiger partial charge in [0.05, 0.1) is 22.6 Å². The molecular formula is C29H32N4O6S2. The number of thioether (sulfide) groups is 1. The molecule has 1 atom stereocenters. The Kier molecular flexibility index (Phi) is 9.69. The molecule has 2 aromatic heterocycles. The minimum Gasteiger partial charge on any atom is -0.491 e. The van der Waals surface area contributed by atoms with Crippen molar-refractivity contribution in [3.05, 3.63) is 84.2 Å². The number of sulfonamides is 1. The van der Waals surface area contributed by atoms with Crippen molar-refractivity contribution >= 4 is 50.6 Å². The highest BCUT2D eigenvalue weighted by molar-refractivity contribution is 8.00. The molecule has 4 aromatic rings. The molecule has 41 heavy (non-hydrogen) atoms. The number of ether oxygens (including phenoxy) is 2. The van der Waals surface area contributed by atoms with Gasteiger partial charge in [-0.3, -0.25) is 9.10 Å². The van der Waals surface area contributed by atoms with Crippen LogP contribution >= 0.6 is 11.8 Å². The molecule has 2 aromatic carbocycles. The standard InChI is InChI=1S/C29H32N4O6S2/c1-29(20-34,40-18-21-9-5-4-6-10-21)19-31-28(35)24-16-22-15-23(39-14-13-38-3)17-25(27(22)32-24)33(2)41(36,37)26-11-7-8-12-30-26/h4-12,15-17,20,32H,13-14,18-19H2,1-3H3,(H,31,35). The summed E-state index contributed by atoms with van der Waals surface area (Å²) < 4.78 is 37.8. The molecule has 0 spiro atoms. The second-order valence-corrected chi connectivity index (χ2v) is 12.9. The summed E-state index contributed by atoms with van der Waals surface area (Å²) in [5, 5.41) is 3.29. The van der Waals surface area contributed by atoms with Gasteiger partial charge >= 0.3 is 0 Å². The van der Waals surface area contributed by atoms with Gasteiger partial charge in [0.2, 0.25) is 0 Å². The van der Waals surface area contributed by atoms with Crippen molar-refractivity contribution in [2.45, 2.75) is 22.4 Å². The van der Waals surface area contributed by atoms with Crippen LogP contribution in [0.1, 0.15) is 23.0 Å². The lowest BCUT2D eigenvalue weighted by Crippen LogP contribution is -2.39. The van der Waals surface area contributed by atoms with E-state index in [4.69, 9.17) is 9.47 Å². The number of hydrogen-bond donors (Lipinski definition) is 2. The Morgan fingerprint density at radius 2 is 1.88 bits per heavy atom. The number of aromatic amines is 1. The molecular weight excluding hydrogens is 564 g/mol. The second kappa shape index (κ2) is 13.2. The first-order valence-electron chi connectivity index (χ1n) is 12.8. The Bertz CT molecular complexity index is 1600. The summed E-state index contributed by atoms with van der Waals surface area (Å²) in [6.45, 7) is 2.47. The molecule has 1 unspecified atom stereocenters. The first kappa shape index (κ1) is 30.1. The monoisotopic (exact) mass is 596 g/mol. The van der Waals surface area contributed by atoms with Gasteiger partial charge in [0.15, 0.2) is 5.03 Å². The van der Waals surface area contributed by atoms with E-state index in [1.165, 1.54) is 31.1 Å². The molecule has 0 saturated heterocycles. The van der Waals surface area contributed by atoms with Crippen LogP contribution in [-0.2, 0) is 25.3 Å². The Morgan fingerprint density at radius 1 is 1.12 bits per heavy atom. The van der Waals surface area contributed by atoms with E-state index in [-0.39, 0.29) is 29.6 Å². The number of carbonyl (C=O) groups excluding carboxylic acids is 2. The molecule has 0 saturated carbocycles. The number of aromatic nitrogens is 2. The molecule has 12 heteroatoms. The fourth-order valence-electron chi connectivity index (χ4n) is 3.96. The fraction of sp³-hybridized carbons (Fsp3) is 0.276. The van der Waals surface area contributed by atoms with Gasteiger partial charge in [-0.1, -0.05) is 36.4 Å². The van der Waals surface area contributed by atoms with E-state index in [2.05, 4.69) is 15.3 Å². The minimum atomic E-state index is -4.02. The zero-order valence-corrected chi connectivity index (χ0v) is 24.6. The SMILES string of the molecule is COCCOc1cc(N(C)S(=O)(=O)c2ccccn2)c2[nH]c(C(=O)NCC(C)(C=O)SCc3ccccc3)cc2c1. The predicted octanol–water partition coefficient (Wildman–Crippen LogP) is 4.03. The number of benzene rings is 2. The third-order valence-corrected chi connectivity index (χ3v) is 9.41. The second-order valence-electron chi connectivity index (χ2n) is 9.46. The number of pyridine rings is 1. The molecule has 0 radical (unpaired) electrons. The number of nitrogens with one attached hydrogen (secondary N) is 2. The summed E-state index contributed by atoms with van der Waals surface area (Å²) in [7, 11) is -1.05.